The van der Waals surface area contributed by atoms with Gasteiger partial charge in [-0.1, -0.05) is 19.3 Å². The highest BCUT2D eigenvalue weighted by Gasteiger charge is 2.48. The van der Waals surface area contributed by atoms with Crippen molar-refractivity contribution in [1.82, 2.24) is 21.0 Å². The van der Waals surface area contributed by atoms with Gasteiger partial charge in [-0.05, 0) is 50.8 Å². The average molecular weight is 647 g/mol. The topological polar surface area (TPSA) is 224 Å². The number of urea groups is 1. The standard InChI is InChI=1S/C26H41N5O10S2/c32-20(27-14-8-2-4-12-23(35)41-31-22(34)15-19(25(31)36)43(38,39)40)10-3-1-7-13-28-21(33)11-6-5-9-18-24-17(16-42-18)29-26(37)30-24/h17-19,24H,1-16H2,(H,27,32)(H,28,33)(H2,29,30,37)(H,38,39,40)/p-1/t17-,18-,19?,24-/m0/s1. The summed E-state index contributed by atoms with van der Waals surface area (Å²) in [6.45, 7) is 0.864. The summed E-state index contributed by atoms with van der Waals surface area (Å²) in [5, 5.41) is 19.3. The molecule has 0 radical (unpaired) electrons. The summed E-state index contributed by atoms with van der Waals surface area (Å²) in [5.41, 5.74) is 0. The quantitative estimate of drug-likeness (QED) is 0.0370. The molecule has 3 rings (SSSR count). The molecule has 0 aromatic heterocycles. The van der Waals surface area contributed by atoms with Gasteiger partial charge in [0.1, 0.15) is 0 Å². The van der Waals surface area contributed by atoms with Crippen molar-refractivity contribution in [3.05, 3.63) is 0 Å². The van der Waals surface area contributed by atoms with Crippen LogP contribution >= 0.6 is 11.8 Å². The average Bonchev–Trinajstić information content (AvgIpc) is 3.58. The van der Waals surface area contributed by atoms with Crippen LogP contribution in [-0.2, 0) is 34.1 Å². The molecule has 3 aliphatic rings. The molecule has 3 fully saturated rings. The van der Waals surface area contributed by atoms with E-state index in [2.05, 4.69) is 25.8 Å². The van der Waals surface area contributed by atoms with Crippen LogP contribution in [0.3, 0.4) is 0 Å². The van der Waals surface area contributed by atoms with Crippen molar-refractivity contribution in [2.45, 2.75) is 106 Å². The molecule has 242 valence electrons. The summed E-state index contributed by atoms with van der Waals surface area (Å²) >= 11 is 1.87. The molecule has 15 nitrogen and oxygen atoms in total. The SMILES string of the molecule is O=C(CCCC[C@@H]1SC[C@@H]2NC(=O)N[C@@H]21)NCCCCCC([O-])=NCCCCCC(=O)ON1C(=O)CC(S(=O)(=O)O)C1=O. The first-order valence-electron chi connectivity index (χ1n) is 14.6. The van der Waals surface area contributed by atoms with Crippen molar-refractivity contribution < 1.29 is 46.9 Å². The fourth-order valence-corrected chi connectivity index (χ4v) is 7.31. The Bertz CT molecular complexity index is 1160. The van der Waals surface area contributed by atoms with Gasteiger partial charge in [-0.25, -0.2) is 9.59 Å². The number of carbonyl (C=O) groups excluding carboxylic acids is 5. The number of rotatable bonds is 19. The summed E-state index contributed by atoms with van der Waals surface area (Å²) in [6.07, 6.45) is 6.27. The van der Waals surface area contributed by atoms with E-state index in [0.29, 0.717) is 56.9 Å². The van der Waals surface area contributed by atoms with Gasteiger partial charge in [-0.15, -0.1) is 5.06 Å². The van der Waals surface area contributed by atoms with Crippen LogP contribution in [0.15, 0.2) is 4.99 Å². The second kappa shape index (κ2) is 16.8. The number of fused-ring (bicyclic) bond motifs is 1. The van der Waals surface area contributed by atoms with Gasteiger partial charge in [0.05, 0.1) is 18.5 Å². The predicted octanol–water partition coefficient (Wildman–Crippen LogP) is 0.182. The summed E-state index contributed by atoms with van der Waals surface area (Å²) in [6, 6.07) is 0.317. The van der Waals surface area contributed by atoms with Crippen molar-refractivity contribution in [2.75, 3.05) is 18.8 Å². The van der Waals surface area contributed by atoms with Crippen molar-refractivity contribution in [1.29, 1.82) is 0 Å². The van der Waals surface area contributed by atoms with Gasteiger partial charge < -0.3 is 30.9 Å². The first-order valence-corrected chi connectivity index (χ1v) is 17.2. The van der Waals surface area contributed by atoms with E-state index < -0.39 is 39.6 Å². The van der Waals surface area contributed by atoms with Gasteiger partial charge in [0.25, 0.3) is 21.9 Å². The molecule has 4 N–H and O–H groups in total. The van der Waals surface area contributed by atoms with Crippen LogP contribution in [0.25, 0.3) is 0 Å². The van der Waals surface area contributed by atoms with E-state index in [9.17, 15) is 37.5 Å². The van der Waals surface area contributed by atoms with Crippen molar-refractivity contribution in [3.63, 3.8) is 0 Å². The fourth-order valence-electron chi connectivity index (χ4n) is 5.07. The Morgan fingerprint density at radius 2 is 1.74 bits per heavy atom. The van der Waals surface area contributed by atoms with E-state index >= 15 is 0 Å². The molecular formula is C26H40N5O10S2-. The Labute approximate surface area is 255 Å². The molecule has 0 aliphatic carbocycles. The number of nitrogens with zero attached hydrogens (tertiary/aromatic N) is 2. The smallest absolute Gasteiger partial charge is 0.333 e. The normalized spacial score (nSPS) is 23.7. The van der Waals surface area contributed by atoms with Crippen LogP contribution in [0.5, 0.6) is 0 Å². The molecule has 0 aromatic carbocycles. The highest BCUT2D eigenvalue weighted by molar-refractivity contribution is 8.00. The Hall–Kier alpha value is -2.92. The highest BCUT2D eigenvalue weighted by Crippen LogP contribution is 2.33. The number of hydroxylamine groups is 2. The number of nitrogens with one attached hydrogen (secondary N) is 3. The molecule has 0 bridgehead atoms. The van der Waals surface area contributed by atoms with Crippen LogP contribution in [0.4, 0.5) is 4.79 Å². The van der Waals surface area contributed by atoms with E-state index in [4.69, 9.17) is 4.55 Å². The van der Waals surface area contributed by atoms with E-state index in [-0.39, 0.29) is 41.4 Å². The van der Waals surface area contributed by atoms with Gasteiger partial charge in [0.2, 0.25) is 5.91 Å². The number of carbonyl (C=O) groups is 5. The maximum atomic E-state index is 12.0. The first kappa shape index (κ1) is 34.6. The second-order valence-corrected chi connectivity index (χ2v) is 13.7. The van der Waals surface area contributed by atoms with Gasteiger partial charge in [-0.2, -0.15) is 20.2 Å². The van der Waals surface area contributed by atoms with Crippen molar-refractivity contribution in [2.24, 2.45) is 4.99 Å². The van der Waals surface area contributed by atoms with Crippen molar-refractivity contribution in [3.8, 4) is 0 Å². The lowest BCUT2D eigenvalue weighted by Crippen LogP contribution is -2.36. The second-order valence-electron chi connectivity index (χ2n) is 10.8. The zero-order valence-electron chi connectivity index (χ0n) is 24.0. The monoisotopic (exact) mass is 646 g/mol. The summed E-state index contributed by atoms with van der Waals surface area (Å²) in [4.78, 5) is 67.5. The Morgan fingerprint density at radius 1 is 1.02 bits per heavy atom. The van der Waals surface area contributed by atoms with E-state index in [1.165, 1.54) is 0 Å². The molecular weight excluding hydrogens is 606 g/mol. The maximum absolute atomic E-state index is 12.0. The Kier molecular flexibility index (Phi) is 13.5. The van der Waals surface area contributed by atoms with Gasteiger partial charge in [0.15, 0.2) is 5.25 Å². The molecule has 3 heterocycles. The maximum Gasteiger partial charge on any atom is 0.333 e. The fraction of sp³-hybridized carbons (Fsp3) is 0.769. The number of thioether (sulfide) groups is 1. The van der Waals surface area contributed by atoms with E-state index in [0.717, 1.165) is 37.9 Å². The molecule has 0 saturated carbocycles. The van der Waals surface area contributed by atoms with Crippen LogP contribution in [0, 0.1) is 0 Å². The number of hydrogen-bond acceptors (Lipinski definition) is 11. The zero-order valence-corrected chi connectivity index (χ0v) is 25.6. The molecule has 4 atom stereocenters. The Balaban J connectivity index is 1.12. The van der Waals surface area contributed by atoms with Crippen LogP contribution < -0.4 is 21.1 Å². The Morgan fingerprint density at radius 3 is 2.49 bits per heavy atom. The van der Waals surface area contributed by atoms with Crippen LogP contribution in [0.1, 0.15) is 83.5 Å². The van der Waals surface area contributed by atoms with Gasteiger partial charge in [0, 0.05) is 36.9 Å². The lowest BCUT2D eigenvalue weighted by atomic mass is 10.0. The van der Waals surface area contributed by atoms with E-state index in [1.54, 1.807) is 0 Å². The van der Waals surface area contributed by atoms with E-state index in [1.807, 2.05) is 11.8 Å². The minimum absolute atomic E-state index is 0.0240. The molecule has 3 aliphatic heterocycles. The number of unbranched alkanes of at least 4 members (excludes halogenated alkanes) is 5. The predicted molar refractivity (Wildman–Crippen MR) is 154 cm³/mol. The molecule has 0 aromatic rings. The molecule has 3 saturated heterocycles. The molecule has 0 spiro atoms. The minimum Gasteiger partial charge on any atom is -0.862 e. The summed E-state index contributed by atoms with van der Waals surface area (Å²) < 4.78 is 31.2. The molecule has 1 unspecified atom stereocenters. The third-order valence-electron chi connectivity index (χ3n) is 7.41. The highest BCUT2D eigenvalue weighted by atomic mass is 32.2. The van der Waals surface area contributed by atoms with Crippen molar-refractivity contribution >= 4 is 57.5 Å². The largest absolute Gasteiger partial charge is 0.862 e. The number of imide groups is 1. The van der Waals surface area contributed by atoms with Gasteiger partial charge >= 0.3 is 12.0 Å². The number of aliphatic imine (C=N–C) groups is 1. The number of amides is 5. The van der Waals surface area contributed by atoms with Gasteiger partial charge in [-0.3, -0.25) is 18.9 Å². The lowest BCUT2D eigenvalue weighted by Gasteiger charge is -2.16. The van der Waals surface area contributed by atoms with Crippen LogP contribution in [-0.4, -0.2) is 95.1 Å². The molecule has 43 heavy (non-hydrogen) atoms. The minimum atomic E-state index is -4.78. The lowest BCUT2D eigenvalue weighted by molar-refractivity contribution is -0.219. The molecule has 5 amide bonds. The first-order chi connectivity index (χ1) is 20.5. The zero-order chi connectivity index (χ0) is 31.4. The third kappa shape index (κ3) is 11.3. The van der Waals surface area contributed by atoms with Crippen LogP contribution in [0.2, 0.25) is 0 Å². The summed E-state index contributed by atoms with van der Waals surface area (Å²) in [5.74, 6) is -2.47. The molecule has 17 heteroatoms. The summed E-state index contributed by atoms with van der Waals surface area (Å²) in [7, 11) is -4.78. The third-order valence-corrected chi connectivity index (χ3v) is 10.0. The number of hydrogen-bond donors (Lipinski definition) is 4.